The number of aromatic hydroxyl groups is 1. The molecule has 0 radical (unpaired) electrons. The lowest BCUT2D eigenvalue weighted by Gasteiger charge is -2.44. The Morgan fingerprint density at radius 1 is 1.00 bits per heavy atom. The van der Waals surface area contributed by atoms with Gasteiger partial charge in [0, 0.05) is 11.8 Å². The molecule has 0 bridgehead atoms. The van der Waals surface area contributed by atoms with E-state index in [1.807, 2.05) is 6.07 Å². The van der Waals surface area contributed by atoms with Crippen molar-refractivity contribution in [2.45, 2.75) is 24.7 Å². The molecule has 6 rings (SSSR count). The van der Waals surface area contributed by atoms with Gasteiger partial charge in [-0.1, -0.05) is 36.4 Å². The van der Waals surface area contributed by atoms with Gasteiger partial charge in [0.2, 0.25) is 11.8 Å². The summed E-state index contributed by atoms with van der Waals surface area (Å²) in [5.41, 5.74) is 0.708. The second-order valence-electron chi connectivity index (χ2n) is 10.6. The fourth-order valence-electron chi connectivity index (χ4n) is 6.40. The molecule has 0 unspecified atom stereocenters. The Labute approximate surface area is 229 Å². The quantitative estimate of drug-likeness (QED) is 0.271. The van der Waals surface area contributed by atoms with E-state index in [9.17, 15) is 34.2 Å². The predicted molar refractivity (Wildman–Crippen MR) is 141 cm³/mol. The number of anilines is 1. The van der Waals surface area contributed by atoms with Crippen molar-refractivity contribution in [2.24, 2.45) is 23.7 Å². The van der Waals surface area contributed by atoms with Crippen LogP contribution < -0.4 is 15.1 Å². The first-order valence-electron chi connectivity index (χ1n) is 13.1. The topological polar surface area (TPSA) is 137 Å². The smallest absolute Gasteiger partial charge is 0.488 e. The molecule has 6 atom stereocenters. The van der Waals surface area contributed by atoms with Crippen molar-refractivity contribution in [1.29, 1.82) is 0 Å². The minimum Gasteiger partial charge on any atom is -0.505 e. The van der Waals surface area contributed by atoms with Gasteiger partial charge in [-0.2, -0.15) is 0 Å². The largest absolute Gasteiger partial charge is 0.505 e. The zero-order valence-corrected chi connectivity index (χ0v) is 21.3. The zero-order chi connectivity index (χ0) is 28.2. The van der Waals surface area contributed by atoms with E-state index in [0.717, 1.165) is 11.0 Å². The summed E-state index contributed by atoms with van der Waals surface area (Å²) >= 11 is 0. The summed E-state index contributed by atoms with van der Waals surface area (Å²) in [5.74, 6) is -6.83. The van der Waals surface area contributed by atoms with Gasteiger partial charge in [0.25, 0.3) is 0 Å². The van der Waals surface area contributed by atoms with E-state index in [2.05, 4.69) is 0 Å². The highest BCUT2D eigenvalue weighted by Gasteiger charge is 2.67. The molecule has 2 saturated heterocycles. The van der Waals surface area contributed by atoms with Crippen molar-refractivity contribution in [1.82, 2.24) is 0 Å². The Morgan fingerprint density at radius 2 is 1.77 bits per heavy atom. The summed E-state index contributed by atoms with van der Waals surface area (Å²) in [7, 11) is -1.78. The van der Waals surface area contributed by atoms with Crippen LogP contribution in [-0.4, -0.2) is 51.6 Å². The third-order valence-electron chi connectivity index (χ3n) is 8.33. The molecule has 2 amide bonds. The van der Waals surface area contributed by atoms with E-state index >= 15 is 0 Å². The molecule has 1 saturated carbocycles. The molecule has 3 aromatic rings. The molecule has 3 aliphatic rings. The van der Waals surface area contributed by atoms with Crippen molar-refractivity contribution in [3.63, 3.8) is 0 Å². The van der Waals surface area contributed by atoms with Gasteiger partial charge in [0.05, 0.1) is 30.2 Å². The van der Waals surface area contributed by atoms with Gasteiger partial charge in [-0.3, -0.25) is 14.5 Å². The van der Waals surface area contributed by atoms with Crippen molar-refractivity contribution >= 4 is 30.1 Å². The molecule has 206 valence electrons. The zero-order valence-electron chi connectivity index (χ0n) is 21.3. The molecule has 0 spiro atoms. The number of imide groups is 1. The molecular weight excluding hydrogens is 520 g/mol. The molecule has 3 aromatic carbocycles. The Balaban J connectivity index is 1.36. The van der Waals surface area contributed by atoms with Gasteiger partial charge in [-0.05, 0) is 60.3 Å². The third-order valence-corrected chi connectivity index (χ3v) is 8.33. The average Bonchev–Trinajstić information content (AvgIpc) is 3.43. The summed E-state index contributed by atoms with van der Waals surface area (Å²) in [6.45, 7) is 0.00452. The van der Waals surface area contributed by atoms with Crippen LogP contribution in [0.15, 0.2) is 72.8 Å². The number of carbonyl (C=O) groups is 2. The molecule has 3 fully saturated rings. The number of amides is 2. The monoisotopic (exact) mass is 547 g/mol. The van der Waals surface area contributed by atoms with Crippen molar-refractivity contribution < 1.29 is 43.7 Å². The first kappa shape index (κ1) is 26.5. The average molecular weight is 547 g/mol. The van der Waals surface area contributed by atoms with E-state index in [1.165, 1.54) is 36.4 Å². The number of aliphatic hydroxyl groups is 1. The highest BCUT2D eigenvalue weighted by molar-refractivity contribution is 6.58. The lowest BCUT2D eigenvalue weighted by atomic mass is 9.64. The summed E-state index contributed by atoms with van der Waals surface area (Å²) < 4.78 is 26.4. The number of para-hydroxylation sites is 1. The number of hydrogen-bond acceptors (Lipinski definition) is 8. The van der Waals surface area contributed by atoms with Crippen LogP contribution in [0.3, 0.4) is 0 Å². The summed E-state index contributed by atoms with van der Waals surface area (Å²) in [6.07, 6.45) is -0.566. The van der Waals surface area contributed by atoms with Crippen LogP contribution in [-0.2, 0) is 14.3 Å². The first-order chi connectivity index (χ1) is 19.2. The van der Waals surface area contributed by atoms with Gasteiger partial charge in [-0.15, -0.1) is 0 Å². The third kappa shape index (κ3) is 4.35. The minimum atomic E-state index is -1.86. The van der Waals surface area contributed by atoms with Gasteiger partial charge in [-0.25, -0.2) is 4.39 Å². The fourth-order valence-corrected chi connectivity index (χ4v) is 6.40. The minimum absolute atomic E-state index is 0.00452. The molecular formula is C29H27BFNO8. The number of carbonyl (C=O) groups excluding carboxylic acids is 2. The van der Waals surface area contributed by atoms with Gasteiger partial charge < -0.3 is 29.7 Å². The maximum Gasteiger partial charge on any atom is 0.488 e. The van der Waals surface area contributed by atoms with E-state index in [-0.39, 0.29) is 30.6 Å². The Kier molecular flexibility index (Phi) is 6.62. The predicted octanol–water partition coefficient (Wildman–Crippen LogP) is 1.88. The Bertz CT molecular complexity index is 1450. The van der Waals surface area contributed by atoms with E-state index in [0.29, 0.717) is 11.3 Å². The van der Waals surface area contributed by atoms with Gasteiger partial charge >= 0.3 is 7.12 Å². The Hall–Kier alpha value is -3.77. The number of phenols is 1. The van der Waals surface area contributed by atoms with Crippen LogP contribution in [0.5, 0.6) is 11.5 Å². The maximum atomic E-state index is 14.2. The van der Waals surface area contributed by atoms with Gasteiger partial charge in [0.1, 0.15) is 5.75 Å². The fraction of sp³-hybridized carbons (Fsp3) is 0.310. The van der Waals surface area contributed by atoms with E-state index < -0.39 is 66.1 Å². The number of benzene rings is 3. The summed E-state index contributed by atoms with van der Waals surface area (Å²) in [5, 5.41) is 40.9. The number of fused-ring (bicyclic) bond motifs is 3. The van der Waals surface area contributed by atoms with E-state index in [1.54, 1.807) is 24.3 Å². The summed E-state index contributed by atoms with van der Waals surface area (Å²) in [6, 6.07) is 18.7. The summed E-state index contributed by atoms with van der Waals surface area (Å²) in [4.78, 5) is 28.6. The van der Waals surface area contributed by atoms with Crippen LogP contribution in [0.4, 0.5) is 10.1 Å². The lowest BCUT2D eigenvalue weighted by molar-refractivity contribution is -0.272. The number of rotatable bonds is 6. The second-order valence-corrected chi connectivity index (χ2v) is 10.6. The van der Waals surface area contributed by atoms with Crippen molar-refractivity contribution in [2.75, 3.05) is 11.5 Å². The maximum absolute atomic E-state index is 14.2. The van der Waals surface area contributed by atoms with Crippen LogP contribution >= 0.6 is 0 Å². The number of ether oxygens (including phenoxy) is 2. The lowest BCUT2D eigenvalue weighted by Crippen LogP contribution is -2.55. The first-order valence-corrected chi connectivity index (χ1v) is 13.1. The van der Waals surface area contributed by atoms with E-state index in [4.69, 9.17) is 9.47 Å². The molecule has 11 heteroatoms. The SMILES string of the molecule is O=C1[C@H]2[C@H](C[C@H](COc3ccccc3)[C@@]3(O)O[C@H](c4ccc(O)c(F)c4)C[C@@H]23)C(=O)N1c1cccc(B(O)O)c1. The highest BCUT2D eigenvalue weighted by Crippen LogP contribution is 2.58. The highest BCUT2D eigenvalue weighted by atomic mass is 19.1. The molecule has 1 aliphatic carbocycles. The van der Waals surface area contributed by atoms with Crippen molar-refractivity contribution in [3.05, 3.63) is 84.2 Å². The molecule has 4 N–H and O–H groups in total. The van der Waals surface area contributed by atoms with Crippen molar-refractivity contribution in [3.8, 4) is 11.5 Å². The second kappa shape index (κ2) is 10.0. The number of phenolic OH excluding ortho intramolecular Hbond substituents is 1. The van der Waals surface area contributed by atoms with Crippen LogP contribution in [0, 0.1) is 29.5 Å². The number of halogens is 1. The Morgan fingerprint density at radius 3 is 2.50 bits per heavy atom. The van der Waals surface area contributed by atoms with Crippen LogP contribution in [0.2, 0.25) is 0 Å². The molecule has 2 heterocycles. The van der Waals surface area contributed by atoms with Gasteiger partial charge in [0.15, 0.2) is 17.4 Å². The molecule has 9 nitrogen and oxygen atoms in total. The van der Waals surface area contributed by atoms with Crippen LogP contribution in [0.25, 0.3) is 0 Å². The number of nitrogens with zero attached hydrogens (tertiary/aromatic N) is 1. The standard InChI is InChI=1S/C29H27BFNO8/c31-23-11-16(9-10-24(23)33)25-14-22-26-21(12-17(29(22,36)40-25)15-39-20-7-2-1-3-8-20)27(34)32(28(26)35)19-6-4-5-18(13-19)30(37)38/h1-11,13,17,21-22,25-26,33,36-38H,12,14-15H2/t17-,21+,22+,25+,26+,29-/m1/s1. The number of hydrogen-bond donors (Lipinski definition) is 4. The van der Waals surface area contributed by atoms with Crippen LogP contribution in [0.1, 0.15) is 24.5 Å². The molecule has 40 heavy (non-hydrogen) atoms. The molecule has 0 aromatic heterocycles. The normalized spacial score (nSPS) is 29.3. The molecule has 2 aliphatic heterocycles.